The molecule has 2 nitrogen and oxygen atoms in total. The van der Waals surface area contributed by atoms with Crippen LogP contribution in [0.15, 0.2) is 24.4 Å². The molecule has 62 valence electrons. The van der Waals surface area contributed by atoms with Gasteiger partial charge in [0.15, 0.2) is 0 Å². The van der Waals surface area contributed by atoms with Crippen LogP contribution in [0.25, 0.3) is 12.2 Å². The average molecular weight is 160 g/mol. The van der Waals surface area contributed by atoms with Gasteiger partial charge in [-0.05, 0) is 19.9 Å². The summed E-state index contributed by atoms with van der Waals surface area (Å²) in [6.07, 6.45) is 9.64. The summed E-state index contributed by atoms with van der Waals surface area (Å²) in [5.74, 6) is 0. The van der Waals surface area contributed by atoms with Crippen molar-refractivity contribution >= 4 is 12.2 Å². The van der Waals surface area contributed by atoms with E-state index in [1.165, 1.54) is 0 Å². The third-order valence-corrected chi connectivity index (χ3v) is 1.52. The Morgan fingerprint density at radius 3 is 2.83 bits per heavy atom. The van der Waals surface area contributed by atoms with Crippen molar-refractivity contribution in [3.05, 3.63) is 35.0 Å². The molecule has 0 atom stereocenters. The molecule has 1 rings (SSSR count). The number of hydrogen-bond acceptors (Lipinski definition) is 2. The van der Waals surface area contributed by atoms with Crippen LogP contribution in [0.2, 0.25) is 0 Å². The van der Waals surface area contributed by atoms with Crippen molar-refractivity contribution in [3.63, 3.8) is 0 Å². The standard InChI is InChI=1S/C10H12N2/c1-3-5-6-9-7-8-11-12-10(9)4-2/h3-8H,1-2H3/b5-3+,9-6-,10-4+. The molecule has 0 aliphatic carbocycles. The van der Waals surface area contributed by atoms with Gasteiger partial charge in [-0.1, -0.05) is 24.3 Å². The van der Waals surface area contributed by atoms with Crippen LogP contribution in [0.3, 0.4) is 0 Å². The minimum Gasteiger partial charge on any atom is -0.159 e. The molecule has 0 N–H and O–H groups in total. The van der Waals surface area contributed by atoms with E-state index in [0.717, 1.165) is 10.6 Å². The van der Waals surface area contributed by atoms with E-state index >= 15 is 0 Å². The van der Waals surface area contributed by atoms with E-state index in [4.69, 9.17) is 0 Å². The second-order valence-electron chi connectivity index (χ2n) is 2.35. The van der Waals surface area contributed by atoms with Gasteiger partial charge in [-0.2, -0.15) is 10.2 Å². The van der Waals surface area contributed by atoms with E-state index in [0.29, 0.717) is 0 Å². The first-order valence-electron chi connectivity index (χ1n) is 3.95. The van der Waals surface area contributed by atoms with Crippen molar-refractivity contribution in [3.8, 4) is 0 Å². The highest BCUT2D eigenvalue weighted by molar-refractivity contribution is 5.36. The largest absolute Gasteiger partial charge is 0.159 e. The van der Waals surface area contributed by atoms with E-state index in [1.54, 1.807) is 6.20 Å². The van der Waals surface area contributed by atoms with Gasteiger partial charge in [0, 0.05) is 5.22 Å². The molecule has 0 bridgehead atoms. The molecule has 0 saturated heterocycles. The zero-order valence-electron chi connectivity index (χ0n) is 7.36. The number of nitrogens with zero attached hydrogens (tertiary/aromatic N) is 2. The third kappa shape index (κ3) is 2.02. The van der Waals surface area contributed by atoms with Crippen LogP contribution in [0, 0.1) is 0 Å². The molecule has 0 radical (unpaired) electrons. The minimum atomic E-state index is 0.926. The zero-order chi connectivity index (χ0) is 8.81. The summed E-state index contributed by atoms with van der Waals surface area (Å²) in [4.78, 5) is 0. The van der Waals surface area contributed by atoms with E-state index in [1.807, 2.05) is 44.2 Å². The first-order valence-corrected chi connectivity index (χ1v) is 3.95. The molecular formula is C10H12N2. The van der Waals surface area contributed by atoms with E-state index in [9.17, 15) is 0 Å². The summed E-state index contributed by atoms with van der Waals surface area (Å²) in [6, 6.07) is 1.95. The Labute approximate surface area is 72.0 Å². The summed E-state index contributed by atoms with van der Waals surface area (Å²) in [6.45, 7) is 3.94. The second-order valence-corrected chi connectivity index (χ2v) is 2.35. The van der Waals surface area contributed by atoms with Crippen molar-refractivity contribution < 1.29 is 0 Å². The molecular weight excluding hydrogens is 148 g/mol. The van der Waals surface area contributed by atoms with Crippen LogP contribution in [0.1, 0.15) is 13.8 Å². The SMILES string of the molecule is C/C=C/C=c1/ccnn/c1=C/C. The first kappa shape index (κ1) is 8.65. The molecule has 2 heteroatoms. The predicted octanol–water partition coefficient (Wildman–Crippen LogP) is 0.634. The van der Waals surface area contributed by atoms with E-state index in [2.05, 4.69) is 10.2 Å². The summed E-state index contributed by atoms with van der Waals surface area (Å²) in [5, 5.41) is 9.81. The first-order chi connectivity index (χ1) is 5.88. The second kappa shape index (κ2) is 4.44. The molecule has 0 aliphatic heterocycles. The van der Waals surface area contributed by atoms with Gasteiger partial charge in [-0.3, -0.25) is 0 Å². The highest BCUT2D eigenvalue weighted by Gasteiger charge is 1.81. The number of allylic oxidation sites excluding steroid dienone is 2. The Bertz CT molecular complexity index is 377. The Hall–Kier alpha value is -1.44. The van der Waals surface area contributed by atoms with Crippen LogP contribution in [0.4, 0.5) is 0 Å². The summed E-state index contributed by atoms with van der Waals surface area (Å²) < 4.78 is 0. The van der Waals surface area contributed by atoms with Crippen molar-refractivity contribution in [1.29, 1.82) is 0 Å². The van der Waals surface area contributed by atoms with Crippen LogP contribution >= 0.6 is 0 Å². The lowest BCUT2D eigenvalue weighted by molar-refractivity contribution is 0.980. The minimum absolute atomic E-state index is 0.926. The third-order valence-electron chi connectivity index (χ3n) is 1.52. The molecule has 0 aromatic carbocycles. The maximum Gasteiger partial charge on any atom is 0.0887 e. The maximum absolute atomic E-state index is 3.98. The van der Waals surface area contributed by atoms with Gasteiger partial charge >= 0.3 is 0 Å². The summed E-state index contributed by atoms with van der Waals surface area (Å²) >= 11 is 0. The molecule has 0 fully saturated rings. The molecule has 1 aromatic heterocycles. The van der Waals surface area contributed by atoms with Gasteiger partial charge < -0.3 is 0 Å². The van der Waals surface area contributed by atoms with Crippen molar-refractivity contribution in [2.24, 2.45) is 0 Å². The van der Waals surface area contributed by atoms with Crippen LogP contribution in [-0.4, -0.2) is 10.2 Å². The lowest BCUT2D eigenvalue weighted by Crippen LogP contribution is -2.27. The van der Waals surface area contributed by atoms with Crippen LogP contribution < -0.4 is 10.6 Å². The van der Waals surface area contributed by atoms with Gasteiger partial charge in [-0.15, -0.1) is 0 Å². The van der Waals surface area contributed by atoms with Gasteiger partial charge in [-0.25, -0.2) is 0 Å². The topological polar surface area (TPSA) is 25.8 Å². The summed E-state index contributed by atoms with van der Waals surface area (Å²) in [7, 11) is 0. The predicted molar refractivity (Wildman–Crippen MR) is 50.7 cm³/mol. The van der Waals surface area contributed by atoms with Gasteiger partial charge in [0.1, 0.15) is 0 Å². The fourth-order valence-electron chi connectivity index (χ4n) is 0.918. The van der Waals surface area contributed by atoms with Crippen molar-refractivity contribution in [2.45, 2.75) is 13.8 Å². The smallest absolute Gasteiger partial charge is 0.0887 e. The fraction of sp³-hybridized carbons (Fsp3) is 0.200. The van der Waals surface area contributed by atoms with Crippen molar-refractivity contribution in [1.82, 2.24) is 10.2 Å². The van der Waals surface area contributed by atoms with Crippen LogP contribution in [-0.2, 0) is 0 Å². The molecule has 0 unspecified atom stereocenters. The summed E-state index contributed by atoms with van der Waals surface area (Å²) in [5.41, 5.74) is 0. The Balaban J connectivity index is 3.33. The van der Waals surface area contributed by atoms with E-state index in [-0.39, 0.29) is 0 Å². The van der Waals surface area contributed by atoms with Gasteiger partial charge in [0.05, 0.1) is 11.5 Å². The van der Waals surface area contributed by atoms with E-state index < -0.39 is 0 Å². The van der Waals surface area contributed by atoms with Gasteiger partial charge in [0.2, 0.25) is 0 Å². The molecule has 0 spiro atoms. The molecule has 12 heavy (non-hydrogen) atoms. The number of rotatable bonds is 1. The Kier molecular flexibility index (Phi) is 3.20. The molecule has 1 aromatic rings. The highest BCUT2D eigenvalue weighted by atomic mass is 15.1. The van der Waals surface area contributed by atoms with Crippen molar-refractivity contribution in [2.75, 3.05) is 0 Å². The molecule has 1 heterocycles. The molecule has 0 aliphatic rings. The van der Waals surface area contributed by atoms with Gasteiger partial charge in [0.25, 0.3) is 0 Å². The lowest BCUT2D eigenvalue weighted by atomic mass is 10.3. The molecule has 0 saturated carbocycles. The quantitative estimate of drug-likeness (QED) is 0.602. The fourth-order valence-corrected chi connectivity index (χ4v) is 0.918. The zero-order valence-corrected chi connectivity index (χ0v) is 7.36. The normalized spacial score (nSPS) is 14.5. The van der Waals surface area contributed by atoms with Crippen LogP contribution in [0.5, 0.6) is 0 Å². The Morgan fingerprint density at radius 1 is 1.33 bits per heavy atom. The molecule has 0 amide bonds. The lowest BCUT2D eigenvalue weighted by Gasteiger charge is -1.84. The monoisotopic (exact) mass is 160 g/mol. The highest BCUT2D eigenvalue weighted by Crippen LogP contribution is 1.70. The number of hydrogen-bond donors (Lipinski definition) is 0. The average Bonchev–Trinajstić information content (AvgIpc) is 2.15. The Morgan fingerprint density at radius 2 is 2.17 bits per heavy atom. The maximum atomic E-state index is 3.98. The number of aromatic nitrogens is 2.